The molecule has 7 nitrogen and oxygen atoms in total. The highest BCUT2D eigenvalue weighted by Gasteiger charge is 2.32. The van der Waals surface area contributed by atoms with Crippen LogP contribution in [0.2, 0.25) is 0 Å². The summed E-state index contributed by atoms with van der Waals surface area (Å²) in [6, 6.07) is 0. The lowest BCUT2D eigenvalue weighted by Crippen LogP contribution is -2.33. The number of hydrogen-bond acceptors (Lipinski definition) is 7. The van der Waals surface area contributed by atoms with E-state index in [1.807, 2.05) is 34.6 Å². The van der Waals surface area contributed by atoms with Crippen LogP contribution in [-0.4, -0.2) is 43.0 Å². The molecule has 0 rings (SSSR count). The van der Waals surface area contributed by atoms with Gasteiger partial charge in [0.15, 0.2) is 6.10 Å². The molecule has 0 aromatic carbocycles. The summed E-state index contributed by atoms with van der Waals surface area (Å²) in [6.45, 7) is 13.3. The van der Waals surface area contributed by atoms with Gasteiger partial charge in [0.1, 0.15) is 19.0 Å². The second-order valence-electron chi connectivity index (χ2n) is 12.7. The normalized spacial score (nSPS) is 11.9. The van der Waals surface area contributed by atoms with E-state index in [9.17, 15) is 19.2 Å². The molecule has 0 saturated carbocycles. The largest absolute Gasteiger partial charge is 0.462 e. The second-order valence-corrected chi connectivity index (χ2v) is 12.7. The molecule has 0 aromatic rings. The van der Waals surface area contributed by atoms with Crippen molar-refractivity contribution < 1.29 is 33.4 Å². The molecule has 0 heterocycles. The van der Waals surface area contributed by atoms with Crippen molar-refractivity contribution >= 4 is 23.7 Å². The zero-order chi connectivity index (χ0) is 29.7. The number of Topliss-reactive ketones (excluding diaryl/α,β-unsaturated/α-hetero) is 1. The van der Waals surface area contributed by atoms with Crippen molar-refractivity contribution in [2.24, 2.45) is 10.8 Å². The molecule has 0 amide bonds. The average Bonchev–Trinajstić information content (AvgIpc) is 2.83. The molecule has 0 aliphatic rings. The third-order valence-electron chi connectivity index (χ3n) is 6.73. The molecule has 0 atom stereocenters. The predicted molar refractivity (Wildman–Crippen MR) is 155 cm³/mol. The maximum Gasteiger partial charge on any atom is 0.306 e. The summed E-state index contributed by atoms with van der Waals surface area (Å²) in [6.07, 6.45) is 12.8. The molecule has 7 heteroatoms. The molecule has 0 fully saturated rings. The van der Waals surface area contributed by atoms with Crippen molar-refractivity contribution in [3.63, 3.8) is 0 Å². The lowest BCUT2D eigenvalue weighted by atomic mass is 9.77. The van der Waals surface area contributed by atoms with Crippen molar-refractivity contribution in [1.82, 2.24) is 0 Å². The van der Waals surface area contributed by atoms with Gasteiger partial charge in [-0.3, -0.25) is 19.2 Å². The first-order valence-corrected chi connectivity index (χ1v) is 15.3. The van der Waals surface area contributed by atoms with Gasteiger partial charge in [-0.05, 0) is 18.3 Å². The third-order valence-corrected chi connectivity index (χ3v) is 6.73. The van der Waals surface area contributed by atoms with Crippen LogP contribution >= 0.6 is 0 Å². The topological polar surface area (TPSA) is 96.0 Å². The van der Waals surface area contributed by atoms with Gasteiger partial charge in [-0.15, -0.1) is 0 Å². The number of carbonyl (C=O) groups is 4. The van der Waals surface area contributed by atoms with E-state index in [2.05, 4.69) is 13.8 Å². The first-order chi connectivity index (χ1) is 18.3. The van der Waals surface area contributed by atoms with Crippen LogP contribution in [0.3, 0.4) is 0 Å². The van der Waals surface area contributed by atoms with Crippen LogP contribution in [0, 0.1) is 10.8 Å². The van der Waals surface area contributed by atoms with Gasteiger partial charge in [0, 0.05) is 24.7 Å². The minimum absolute atomic E-state index is 0.0305. The van der Waals surface area contributed by atoms with Gasteiger partial charge in [-0.1, -0.05) is 113 Å². The van der Waals surface area contributed by atoms with Crippen molar-refractivity contribution in [2.75, 3.05) is 13.2 Å². The molecule has 39 heavy (non-hydrogen) atoms. The maximum absolute atomic E-state index is 12.8. The minimum Gasteiger partial charge on any atom is -0.462 e. The summed E-state index contributed by atoms with van der Waals surface area (Å²) in [4.78, 5) is 49.8. The molecule has 0 aromatic heterocycles. The number of carbonyl (C=O) groups excluding carboxylic acids is 4. The Kier molecular flexibility index (Phi) is 19.9. The zero-order valence-corrected chi connectivity index (χ0v) is 26.2. The monoisotopic (exact) mass is 554 g/mol. The lowest BCUT2D eigenvalue weighted by molar-refractivity contribution is -0.168. The Morgan fingerprint density at radius 3 is 1.38 bits per heavy atom. The molecule has 0 aliphatic heterocycles. The van der Waals surface area contributed by atoms with Crippen molar-refractivity contribution in [3.05, 3.63) is 0 Å². The SMILES string of the molecule is CCCCCCCCC(=O)OCC(COC(=O)CCCCCCCC)OC(=O)CC(C)(C)CC(=O)C(C)(C)C. The quantitative estimate of drug-likeness (QED) is 0.0719. The number of ketones is 1. The van der Waals surface area contributed by atoms with Crippen LogP contribution in [0.5, 0.6) is 0 Å². The Hall–Kier alpha value is -1.92. The molecule has 0 unspecified atom stereocenters. The number of unbranched alkanes of at least 4 members (excludes halogenated alkanes) is 10. The highest BCUT2D eigenvalue weighted by molar-refractivity contribution is 5.84. The predicted octanol–water partition coefficient (Wildman–Crippen LogP) is 7.91. The van der Waals surface area contributed by atoms with Gasteiger partial charge in [0.25, 0.3) is 0 Å². The molecule has 0 aliphatic carbocycles. The number of hydrogen-bond donors (Lipinski definition) is 0. The Morgan fingerprint density at radius 1 is 0.564 bits per heavy atom. The second kappa shape index (κ2) is 20.9. The number of ether oxygens (including phenoxy) is 3. The minimum atomic E-state index is -0.881. The average molecular weight is 555 g/mol. The van der Waals surface area contributed by atoms with Gasteiger partial charge in [0.05, 0.1) is 6.42 Å². The van der Waals surface area contributed by atoms with E-state index in [0.717, 1.165) is 38.5 Å². The standard InChI is InChI=1S/C32H58O7/c1-8-10-12-14-16-18-20-28(34)37-24-26(25-38-29(35)21-19-17-15-13-11-9-2)39-30(36)23-32(6,7)22-27(33)31(3,4)5/h26H,8-25H2,1-7H3. The highest BCUT2D eigenvalue weighted by Crippen LogP contribution is 2.31. The Bertz CT molecular complexity index is 674. The fourth-order valence-corrected chi connectivity index (χ4v) is 4.11. The van der Waals surface area contributed by atoms with Gasteiger partial charge in [0.2, 0.25) is 0 Å². The summed E-state index contributed by atoms with van der Waals surface area (Å²) in [5.41, 5.74) is -1.08. The Morgan fingerprint density at radius 2 is 0.974 bits per heavy atom. The fourth-order valence-electron chi connectivity index (χ4n) is 4.11. The summed E-state index contributed by atoms with van der Waals surface area (Å²) in [5.74, 6) is -1.13. The zero-order valence-electron chi connectivity index (χ0n) is 26.2. The first kappa shape index (κ1) is 37.1. The highest BCUT2D eigenvalue weighted by atomic mass is 16.6. The van der Waals surface area contributed by atoms with Crippen molar-refractivity contribution in [3.8, 4) is 0 Å². The first-order valence-electron chi connectivity index (χ1n) is 15.3. The van der Waals surface area contributed by atoms with Crippen molar-refractivity contribution in [1.29, 1.82) is 0 Å². The van der Waals surface area contributed by atoms with Crippen LogP contribution in [0.15, 0.2) is 0 Å². The van der Waals surface area contributed by atoms with Gasteiger partial charge >= 0.3 is 17.9 Å². The van der Waals surface area contributed by atoms with Crippen LogP contribution < -0.4 is 0 Å². The van der Waals surface area contributed by atoms with E-state index in [1.54, 1.807) is 0 Å². The van der Waals surface area contributed by atoms with E-state index in [-0.39, 0.29) is 43.8 Å². The van der Waals surface area contributed by atoms with Gasteiger partial charge in [-0.25, -0.2) is 0 Å². The Labute approximate surface area is 238 Å². The molecule has 0 bridgehead atoms. The maximum atomic E-state index is 12.8. The number of esters is 3. The summed E-state index contributed by atoms with van der Waals surface area (Å²) in [7, 11) is 0. The summed E-state index contributed by atoms with van der Waals surface area (Å²) >= 11 is 0. The molecule has 228 valence electrons. The van der Waals surface area contributed by atoms with E-state index in [1.165, 1.54) is 38.5 Å². The van der Waals surface area contributed by atoms with Crippen LogP contribution in [0.1, 0.15) is 151 Å². The van der Waals surface area contributed by atoms with E-state index in [4.69, 9.17) is 14.2 Å². The van der Waals surface area contributed by atoms with Gasteiger partial charge in [-0.2, -0.15) is 0 Å². The molecular weight excluding hydrogens is 496 g/mol. The van der Waals surface area contributed by atoms with Gasteiger partial charge < -0.3 is 14.2 Å². The fraction of sp³-hybridized carbons (Fsp3) is 0.875. The lowest BCUT2D eigenvalue weighted by Gasteiger charge is -2.28. The van der Waals surface area contributed by atoms with E-state index in [0.29, 0.717) is 12.8 Å². The summed E-state index contributed by atoms with van der Waals surface area (Å²) in [5, 5.41) is 0. The van der Waals surface area contributed by atoms with Crippen LogP contribution in [-0.2, 0) is 33.4 Å². The molecule has 0 spiro atoms. The third kappa shape index (κ3) is 21.6. The number of rotatable bonds is 23. The Balaban J connectivity index is 4.82. The molecule has 0 radical (unpaired) electrons. The van der Waals surface area contributed by atoms with Crippen LogP contribution in [0.25, 0.3) is 0 Å². The molecular formula is C32H58O7. The van der Waals surface area contributed by atoms with Crippen molar-refractivity contribution in [2.45, 2.75) is 157 Å². The van der Waals surface area contributed by atoms with E-state index >= 15 is 0 Å². The molecule has 0 saturated heterocycles. The molecule has 0 N–H and O–H groups in total. The summed E-state index contributed by atoms with van der Waals surface area (Å²) < 4.78 is 16.3. The van der Waals surface area contributed by atoms with E-state index < -0.39 is 22.9 Å². The smallest absolute Gasteiger partial charge is 0.306 e. The van der Waals surface area contributed by atoms with Crippen LogP contribution in [0.4, 0.5) is 0 Å².